The van der Waals surface area contributed by atoms with Crippen molar-refractivity contribution in [2.75, 3.05) is 13.7 Å². The number of fused-ring (bicyclic) bond motifs is 4. The molecule has 1 aliphatic carbocycles. The Morgan fingerprint density at radius 3 is 2.47 bits per heavy atom. The first kappa shape index (κ1) is 26.2. The Bertz CT molecular complexity index is 1460. The standard InChI is InChI=1S/C28H32N2O7S/c1-17(37-18(2)31)24-12-19-13-26(32)28(24)29(15-19)27(33)14-20-16-30(25-7-5-4-6-23(20)25)38(34,35)22-10-8-21(36-3)9-11-22/h4-11,16-17,19,24,26,28,32H,12-15H2,1-3H3/t17-,19-,24-,26+,28+/m1/s1. The molecule has 1 amide bonds. The second-order valence-electron chi connectivity index (χ2n) is 10.2. The van der Waals surface area contributed by atoms with Crippen LogP contribution in [0.3, 0.4) is 0 Å². The van der Waals surface area contributed by atoms with Crippen LogP contribution in [0.15, 0.2) is 59.6 Å². The fourth-order valence-electron chi connectivity index (χ4n) is 6.14. The Morgan fingerprint density at radius 2 is 1.82 bits per heavy atom. The maximum Gasteiger partial charge on any atom is 0.302 e. The van der Waals surface area contributed by atoms with Gasteiger partial charge in [0, 0.05) is 31.0 Å². The second kappa shape index (κ2) is 10.1. The van der Waals surface area contributed by atoms with E-state index in [2.05, 4.69) is 0 Å². The molecular formula is C28H32N2O7S. The zero-order valence-corrected chi connectivity index (χ0v) is 22.4. The summed E-state index contributed by atoms with van der Waals surface area (Å²) < 4.78 is 38.9. The molecule has 6 rings (SSSR count). The van der Waals surface area contributed by atoms with Gasteiger partial charge in [-0.3, -0.25) is 9.59 Å². The van der Waals surface area contributed by atoms with Gasteiger partial charge in [-0.15, -0.1) is 0 Å². The molecule has 2 aliphatic heterocycles. The number of ether oxygens (including phenoxy) is 2. The van der Waals surface area contributed by atoms with Crippen LogP contribution < -0.4 is 4.74 Å². The van der Waals surface area contributed by atoms with E-state index in [0.29, 0.717) is 35.2 Å². The normalized spacial score (nSPS) is 23.8. The van der Waals surface area contributed by atoms with Crippen molar-refractivity contribution in [1.82, 2.24) is 8.87 Å². The first-order chi connectivity index (χ1) is 18.1. The molecule has 9 nitrogen and oxygen atoms in total. The molecule has 10 heteroatoms. The van der Waals surface area contributed by atoms with Gasteiger partial charge in [0.05, 0.1) is 36.1 Å². The van der Waals surface area contributed by atoms with Gasteiger partial charge in [0.1, 0.15) is 11.9 Å². The summed E-state index contributed by atoms with van der Waals surface area (Å²) in [5, 5.41) is 11.5. The number of aromatic nitrogens is 1. The van der Waals surface area contributed by atoms with E-state index in [4.69, 9.17) is 9.47 Å². The van der Waals surface area contributed by atoms with Crippen LogP contribution >= 0.6 is 0 Å². The van der Waals surface area contributed by atoms with Crippen molar-refractivity contribution in [2.45, 2.75) is 56.3 Å². The highest BCUT2D eigenvalue weighted by molar-refractivity contribution is 7.90. The van der Waals surface area contributed by atoms with Crippen LogP contribution in [0.1, 0.15) is 32.3 Å². The predicted molar refractivity (Wildman–Crippen MR) is 140 cm³/mol. The Kier molecular flexibility index (Phi) is 6.96. The SMILES string of the molecule is COc1ccc(S(=O)(=O)n2cc(CC(=O)N3C[C@@H]4C[C@H]([C@@H](C)OC(C)=O)[C@H]3[C@@H](O)C4)c3ccccc32)cc1. The van der Waals surface area contributed by atoms with Gasteiger partial charge in [0.2, 0.25) is 5.91 Å². The van der Waals surface area contributed by atoms with Crippen LogP contribution in [0, 0.1) is 11.8 Å². The molecule has 2 saturated heterocycles. The number of para-hydroxylation sites is 1. The topological polar surface area (TPSA) is 115 Å². The lowest BCUT2D eigenvalue weighted by molar-refractivity contribution is -0.167. The fourth-order valence-corrected chi connectivity index (χ4v) is 7.54. The Morgan fingerprint density at radius 1 is 1.11 bits per heavy atom. The lowest BCUT2D eigenvalue weighted by atomic mass is 9.69. The molecule has 0 unspecified atom stereocenters. The van der Waals surface area contributed by atoms with Gasteiger partial charge >= 0.3 is 5.97 Å². The number of methoxy groups -OCH3 is 1. The number of aliphatic hydroxyl groups is 1. The van der Waals surface area contributed by atoms with Gasteiger partial charge in [-0.05, 0) is 61.6 Å². The predicted octanol–water partition coefficient (Wildman–Crippen LogP) is 2.98. The average Bonchev–Trinajstić information content (AvgIpc) is 3.27. The molecule has 5 atom stereocenters. The third-order valence-corrected chi connectivity index (χ3v) is 9.51. The first-order valence-electron chi connectivity index (χ1n) is 12.7. The van der Waals surface area contributed by atoms with E-state index in [1.54, 1.807) is 42.2 Å². The molecule has 38 heavy (non-hydrogen) atoms. The number of carbonyl (C=O) groups is 2. The number of carbonyl (C=O) groups excluding carboxylic acids is 2. The number of nitrogens with zero attached hydrogens (tertiary/aromatic N) is 2. The molecule has 3 aromatic rings. The molecule has 3 fully saturated rings. The fraction of sp³-hybridized carbons (Fsp3) is 0.429. The summed E-state index contributed by atoms with van der Waals surface area (Å²) >= 11 is 0. The summed E-state index contributed by atoms with van der Waals surface area (Å²) in [6.07, 6.45) is 1.75. The van der Waals surface area contributed by atoms with Crippen molar-refractivity contribution < 1.29 is 32.6 Å². The summed E-state index contributed by atoms with van der Waals surface area (Å²) in [5.74, 6) is -0.0896. The van der Waals surface area contributed by atoms with Gasteiger partial charge in [0.15, 0.2) is 0 Å². The van der Waals surface area contributed by atoms with E-state index in [9.17, 15) is 23.1 Å². The Labute approximate surface area is 222 Å². The van der Waals surface area contributed by atoms with Crippen LogP contribution in [0.4, 0.5) is 0 Å². The first-order valence-corrected chi connectivity index (χ1v) is 14.2. The molecule has 3 aliphatic rings. The summed E-state index contributed by atoms with van der Waals surface area (Å²) in [4.78, 5) is 27.0. The zero-order valence-electron chi connectivity index (χ0n) is 21.6. The van der Waals surface area contributed by atoms with E-state index < -0.39 is 34.2 Å². The quantitative estimate of drug-likeness (QED) is 0.458. The van der Waals surface area contributed by atoms with Gasteiger partial charge in [-0.25, -0.2) is 12.4 Å². The van der Waals surface area contributed by atoms with E-state index in [-0.39, 0.29) is 29.1 Å². The maximum absolute atomic E-state index is 13.7. The average molecular weight is 541 g/mol. The van der Waals surface area contributed by atoms with Crippen molar-refractivity contribution in [1.29, 1.82) is 0 Å². The van der Waals surface area contributed by atoms with E-state index in [0.717, 1.165) is 6.42 Å². The van der Waals surface area contributed by atoms with Gasteiger partial charge in [0.25, 0.3) is 10.0 Å². The number of rotatable bonds is 7. The molecule has 3 heterocycles. The van der Waals surface area contributed by atoms with E-state index >= 15 is 0 Å². The Balaban J connectivity index is 1.46. The van der Waals surface area contributed by atoms with Gasteiger partial charge in [-0.2, -0.15) is 0 Å². The minimum absolute atomic E-state index is 0.0176. The van der Waals surface area contributed by atoms with E-state index in [1.807, 2.05) is 6.07 Å². The summed E-state index contributed by atoms with van der Waals surface area (Å²) in [5.41, 5.74) is 1.07. The van der Waals surface area contributed by atoms with Crippen LogP contribution in [-0.2, 0) is 30.8 Å². The van der Waals surface area contributed by atoms with E-state index in [1.165, 1.54) is 36.3 Å². The monoisotopic (exact) mass is 540 g/mol. The Hall–Kier alpha value is -3.37. The largest absolute Gasteiger partial charge is 0.497 e. The molecule has 0 spiro atoms. The molecule has 202 valence electrons. The van der Waals surface area contributed by atoms with Gasteiger partial charge < -0.3 is 19.5 Å². The lowest BCUT2D eigenvalue weighted by Gasteiger charge is -2.53. The van der Waals surface area contributed by atoms with Gasteiger partial charge in [-0.1, -0.05) is 18.2 Å². The van der Waals surface area contributed by atoms with Crippen LogP contribution in [0.2, 0.25) is 0 Å². The molecule has 0 radical (unpaired) electrons. The number of benzene rings is 2. The van der Waals surface area contributed by atoms with Crippen molar-refractivity contribution in [3.8, 4) is 5.75 Å². The second-order valence-corrected chi connectivity index (χ2v) is 12.1. The number of hydrogen-bond donors (Lipinski definition) is 1. The molecule has 1 saturated carbocycles. The van der Waals surface area contributed by atoms with Crippen molar-refractivity contribution in [2.24, 2.45) is 11.8 Å². The molecule has 2 aromatic carbocycles. The van der Waals surface area contributed by atoms with Crippen LogP contribution in [-0.4, -0.2) is 66.2 Å². The zero-order chi connectivity index (χ0) is 27.2. The van der Waals surface area contributed by atoms with Crippen molar-refractivity contribution in [3.63, 3.8) is 0 Å². The smallest absolute Gasteiger partial charge is 0.302 e. The molecular weight excluding hydrogens is 508 g/mol. The summed E-state index contributed by atoms with van der Waals surface area (Å²) in [7, 11) is -2.42. The highest BCUT2D eigenvalue weighted by Gasteiger charge is 2.50. The number of aliphatic hydroxyl groups excluding tert-OH is 1. The third-order valence-electron chi connectivity index (χ3n) is 7.82. The summed E-state index contributed by atoms with van der Waals surface area (Å²) in [6.45, 7) is 3.68. The lowest BCUT2D eigenvalue weighted by Crippen LogP contribution is -2.64. The molecule has 1 aromatic heterocycles. The van der Waals surface area contributed by atoms with Crippen molar-refractivity contribution >= 4 is 32.8 Å². The molecule has 1 N–H and O–H groups in total. The van der Waals surface area contributed by atoms with Crippen LogP contribution in [0.25, 0.3) is 10.9 Å². The number of esters is 1. The minimum atomic E-state index is -3.93. The highest BCUT2D eigenvalue weighted by Crippen LogP contribution is 2.42. The number of piperidine rings is 2. The third kappa shape index (κ3) is 4.67. The highest BCUT2D eigenvalue weighted by atomic mass is 32.2. The van der Waals surface area contributed by atoms with Crippen molar-refractivity contribution in [3.05, 3.63) is 60.3 Å². The van der Waals surface area contributed by atoms with Crippen LogP contribution in [0.5, 0.6) is 5.75 Å². The maximum atomic E-state index is 13.7. The minimum Gasteiger partial charge on any atom is -0.497 e. The summed E-state index contributed by atoms with van der Waals surface area (Å²) in [6, 6.07) is 12.8. The number of hydrogen-bond acceptors (Lipinski definition) is 7. The molecule has 2 bridgehead atoms. The number of amides is 1.